The molecule has 1 atom stereocenters. The number of benzene rings is 1. The number of hydrogen-bond donors (Lipinski definition) is 1. The third-order valence-corrected chi connectivity index (χ3v) is 7.74. The molecule has 0 radical (unpaired) electrons. The van der Waals surface area contributed by atoms with Crippen molar-refractivity contribution in [2.24, 2.45) is 0 Å². The highest BCUT2D eigenvalue weighted by Crippen LogP contribution is 2.33. The summed E-state index contributed by atoms with van der Waals surface area (Å²) in [5, 5.41) is 2.99. The summed E-state index contributed by atoms with van der Waals surface area (Å²) in [5.74, 6) is -0.776. The Bertz CT molecular complexity index is 1200. The van der Waals surface area contributed by atoms with Crippen LogP contribution in [0.1, 0.15) is 59.7 Å². The number of nitrogens with one attached hydrogen (secondary N) is 1. The molecule has 11 nitrogen and oxygen atoms in total. The van der Waals surface area contributed by atoms with Gasteiger partial charge in [-0.15, -0.1) is 0 Å². The number of fused-ring (bicyclic) bond motifs is 1. The largest absolute Gasteiger partial charge is 0.497 e. The number of nitrogens with zero attached hydrogens (tertiary/aromatic N) is 4. The summed E-state index contributed by atoms with van der Waals surface area (Å²) in [7, 11) is 1.60. The van der Waals surface area contributed by atoms with Crippen molar-refractivity contribution >= 4 is 17.7 Å². The van der Waals surface area contributed by atoms with Crippen LogP contribution in [0.15, 0.2) is 30.6 Å². The minimum absolute atomic E-state index is 0.126. The van der Waals surface area contributed by atoms with Crippen LogP contribution in [-0.4, -0.2) is 88.4 Å². The molecule has 1 unspecified atom stereocenters. The maximum Gasteiger partial charge on any atom is 0.274 e. The Morgan fingerprint density at radius 2 is 1.82 bits per heavy atom. The second-order valence-electron chi connectivity index (χ2n) is 10.2. The third kappa shape index (κ3) is 4.64. The van der Waals surface area contributed by atoms with E-state index >= 15 is 0 Å². The smallest absolute Gasteiger partial charge is 0.274 e. The number of amides is 3. The molecule has 5 rings (SSSR count). The molecule has 1 aromatic heterocycles. The van der Waals surface area contributed by atoms with Crippen LogP contribution in [0.5, 0.6) is 5.75 Å². The average Bonchev–Trinajstić information content (AvgIpc) is 3.57. The predicted octanol–water partition coefficient (Wildman–Crippen LogP) is 1.81. The van der Waals surface area contributed by atoms with Crippen molar-refractivity contribution in [2.75, 3.05) is 40.0 Å². The lowest BCUT2D eigenvalue weighted by Gasteiger charge is -2.44. The fourth-order valence-electron chi connectivity index (χ4n) is 5.52. The number of piperidine rings is 1. The van der Waals surface area contributed by atoms with Gasteiger partial charge in [-0.2, -0.15) is 0 Å². The number of hydrogen-bond acceptors (Lipinski definition) is 7. The van der Waals surface area contributed by atoms with Crippen molar-refractivity contribution in [3.8, 4) is 5.75 Å². The molecule has 204 valence electrons. The quantitative estimate of drug-likeness (QED) is 0.586. The minimum atomic E-state index is -1.14. The summed E-state index contributed by atoms with van der Waals surface area (Å²) in [6.45, 7) is 6.67. The second kappa shape index (κ2) is 10.4. The van der Waals surface area contributed by atoms with Gasteiger partial charge in [0.05, 0.1) is 33.2 Å². The van der Waals surface area contributed by atoms with Crippen LogP contribution in [-0.2, 0) is 27.4 Å². The van der Waals surface area contributed by atoms with Gasteiger partial charge in [-0.25, -0.2) is 4.98 Å². The van der Waals surface area contributed by atoms with Crippen molar-refractivity contribution in [2.45, 2.75) is 57.5 Å². The van der Waals surface area contributed by atoms with Crippen LogP contribution in [0.25, 0.3) is 0 Å². The van der Waals surface area contributed by atoms with Crippen molar-refractivity contribution in [1.29, 1.82) is 0 Å². The highest BCUT2D eigenvalue weighted by Gasteiger charge is 2.49. The molecular formula is C27H35N5O6. The summed E-state index contributed by atoms with van der Waals surface area (Å²) in [6, 6.07) is 7.44. The molecule has 0 saturated carbocycles. The maximum atomic E-state index is 13.8. The monoisotopic (exact) mass is 525 g/mol. The summed E-state index contributed by atoms with van der Waals surface area (Å²) >= 11 is 0. The number of aromatic nitrogens is 2. The standard InChI is InChI=1S/C27H35N5O6/c1-4-11-32-24(34)22-21(23(33)30-12-9-27(10-13-30)37-14-15-38-27)29-18-31(22)17-26(32,2)25(35)28-16-19-5-7-20(36-3)8-6-19/h5-8,18H,4,9-17H2,1-3H3,(H,28,35). The predicted molar refractivity (Wildman–Crippen MR) is 137 cm³/mol. The van der Waals surface area contributed by atoms with Crippen molar-refractivity contribution in [1.82, 2.24) is 24.7 Å². The Morgan fingerprint density at radius 3 is 2.45 bits per heavy atom. The summed E-state index contributed by atoms with van der Waals surface area (Å²) in [6.07, 6.45) is 3.32. The molecule has 11 heteroatoms. The second-order valence-corrected chi connectivity index (χ2v) is 10.2. The molecule has 1 N–H and O–H groups in total. The molecule has 0 bridgehead atoms. The van der Waals surface area contributed by atoms with E-state index in [0.29, 0.717) is 58.7 Å². The SMILES string of the molecule is CCCN1C(=O)c2c(C(=O)N3CCC4(CC3)OCCO4)ncn2CC1(C)C(=O)NCc1ccc(OC)cc1. The minimum Gasteiger partial charge on any atom is -0.497 e. The molecule has 3 amide bonds. The fraction of sp³-hybridized carbons (Fsp3) is 0.556. The Balaban J connectivity index is 1.33. The first-order valence-corrected chi connectivity index (χ1v) is 13.2. The van der Waals surface area contributed by atoms with Gasteiger partial charge in [-0.05, 0) is 31.0 Å². The number of methoxy groups -OCH3 is 1. The van der Waals surface area contributed by atoms with Gasteiger partial charge in [0.1, 0.15) is 17.0 Å². The van der Waals surface area contributed by atoms with E-state index < -0.39 is 11.3 Å². The van der Waals surface area contributed by atoms with Gasteiger partial charge in [0.15, 0.2) is 11.5 Å². The Morgan fingerprint density at radius 1 is 1.13 bits per heavy atom. The van der Waals surface area contributed by atoms with E-state index in [1.807, 2.05) is 31.2 Å². The van der Waals surface area contributed by atoms with Gasteiger partial charge in [0.25, 0.3) is 11.8 Å². The number of rotatable bonds is 7. The van der Waals surface area contributed by atoms with Crippen molar-refractivity contribution in [3.05, 3.63) is 47.5 Å². The molecule has 4 heterocycles. The zero-order chi connectivity index (χ0) is 26.9. The summed E-state index contributed by atoms with van der Waals surface area (Å²) in [5.41, 5.74) is 0.140. The van der Waals surface area contributed by atoms with E-state index in [2.05, 4.69) is 10.3 Å². The number of ether oxygens (including phenoxy) is 3. The van der Waals surface area contributed by atoms with Crippen molar-refractivity contribution < 1.29 is 28.6 Å². The van der Waals surface area contributed by atoms with Gasteiger partial charge >= 0.3 is 0 Å². The van der Waals surface area contributed by atoms with E-state index in [0.717, 1.165) is 11.3 Å². The van der Waals surface area contributed by atoms with Gasteiger partial charge < -0.3 is 33.9 Å². The Labute approximate surface area is 222 Å². The average molecular weight is 526 g/mol. The van der Waals surface area contributed by atoms with E-state index in [1.165, 1.54) is 6.33 Å². The van der Waals surface area contributed by atoms with Crippen LogP contribution in [0.4, 0.5) is 0 Å². The zero-order valence-corrected chi connectivity index (χ0v) is 22.2. The molecule has 1 spiro atoms. The Hall–Kier alpha value is -3.44. The highest BCUT2D eigenvalue weighted by atomic mass is 16.7. The summed E-state index contributed by atoms with van der Waals surface area (Å²) in [4.78, 5) is 48.4. The van der Waals surface area contributed by atoms with E-state index in [1.54, 1.807) is 28.4 Å². The van der Waals surface area contributed by atoms with E-state index in [4.69, 9.17) is 14.2 Å². The maximum absolute atomic E-state index is 13.8. The van der Waals surface area contributed by atoms with Crippen LogP contribution in [0, 0.1) is 0 Å². The lowest BCUT2D eigenvalue weighted by molar-refractivity contribution is -0.181. The first kappa shape index (κ1) is 26.2. The number of imidazole rings is 1. The zero-order valence-electron chi connectivity index (χ0n) is 22.2. The number of carbonyl (C=O) groups is 3. The molecule has 2 aromatic rings. The molecule has 38 heavy (non-hydrogen) atoms. The van der Waals surface area contributed by atoms with Gasteiger partial charge in [0, 0.05) is 39.0 Å². The van der Waals surface area contributed by atoms with Crippen LogP contribution < -0.4 is 10.1 Å². The third-order valence-electron chi connectivity index (χ3n) is 7.74. The van der Waals surface area contributed by atoms with Crippen molar-refractivity contribution in [3.63, 3.8) is 0 Å². The fourth-order valence-corrected chi connectivity index (χ4v) is 5.52. The van der Waals surface area contributed by atoms with E-state index in [9.17, 15) is 14.4 Å². The van der Waals surface area contributed by atoms with Gasteiger partial charge in [-0.3, -0.25) is 14.4 Å². The lowest BCUT2D eigenvalue weighted by Crippen LogP contribution is -2.64. The van der Waals surface area contributed by atoms with Crippen LogP contribution >= 0.6 is 0 Å². The van der Waals surface area contributed by atoms with Crippen LogP contribution in [0.2, 0.25) is 0 Å². The number of carbonyl (C=O) groups excluding carboxylic acids is 3. The summed E-state index contributed by atoms with van der Waals surface area (Å²) < 4.78 is 18.4. The van der Waals surface area contributed by atoms with Gasteiger partial charge in [-0.1, -0.05) is 19.1 Å². The normalized spacial score (nSPS) is 22.4. The molecule has 1 aromatic carbocycles. The first-order valence-electron chi connectivity index (χ1n) is 13.2. The lowest BCUT2D eigenvalue weighted by atomic mass is 9.93. The molecule has 3 aliphatic heterocycles. The molecule has 0 aliphatic carbocycles. The molecule has 2 fully saturated rings. The highest BCUT2D eigenvalue weighted by molar-refractivity contribution is 6.07. The first-order chi connectivity index (χ1) is 18.3. The Kier molecular flexibility index (Phi) is 7.15. The van der Waals surface area contributed by atoms with Crippen LogP contribution in [0.3, 0.4) is 0 Å². The van der Waals surface area contributed by atoms with Gasteiger partial charge in [0.2, 0.25) is 5.91 Å². The van der Waals surface area contributed by atoms with E-state index in [-0.39, 0.29) is 35.7 Å². The molecule has 3 aliphatic rings. The molecular weight excluding hydrogens is 490 g/mol. The number of likely N-dealkylation sites (tertiary alicyclic amines) is 1. The molecule has 2 saturated heterocycles. The topological polar surface area (TPSA) is 115 Å².